The van der Waals surface area contributed by atoms with E-state index < -0.39 is 0 Å². The first-order chi connectivity index (χ1) is 23.2. The summed E-state index contributed by atoms with van der Waals surface area (Å²) in [4.78, 5) is 20.9. The van der Waals surface area contributed by atoms with Crippen LogP contribution in [0.2, 0.25) is 0 Å². The fraction of sp³-hybridized carbons (Fsp3) is 0.341. The second kappa shape index (κ2) is 14.8. The molecule has 4 aromatic carbocycles. The molecule has 6 heteroatoms. The minimum atomic E-state index is 0.0534. The van der Waals surface area contributed by atoms with E-state index in [9.17, 15) is 4.79 Å². The lowest BCUT2D eigenvalue weighted by Crippen LogP contribution is -2.23. The Balaban J connectivity index is 1.24. The molecule has 2 aliphatic rings. The summed E-state index contributed by atoms with van der Waals surface area (Å²) < 4.78 is 13.1. The van der Waals surface area contributed by atoms with Crippen molar-refractivity contribution in [3.63, 3.8) is 0 Å². The predicted molar refractivity (Wildman–Crippen MR) is 193 cm³/mol. The molecule has 0 atom stereocenters. The monoisotopic (exact) mass is 644 g/mol. The van der Waals surface area contributed by atoms with E-state index in [1.165, 1.54) is 44.3 Å². The molecular formula is C41H44N2O3S. The lowest BCUT2D eigenvalue weighted by Gasteiger charge is -2.18. The number of hydrogen-bond acceptors (Lipinski definition) is 6. The Hall–Kier alpha value is -3.97. The minimum Gasteiger partial charge on any atom is -0.496 e. The topological polar surface area (TPSA) is 42.0 Å². The van der Waals surface area contributed by atoms with E-state index in [0.29, 0.717) is 6.61 Å². The van der Waals surface area contributed by atoms with Crippen molar-refractivity contribution in [1.29, 1.82) is 0 Å². The van der Waals surface area contributed by atoms with E-state index in [4.69, 9.17) is 9.47 Å². The number of methoxy groups -OCH3 is 1. The average molecular weight is 645 g/mol. The summed E-state index contributed by atoms with van der Waals surface area (Å²) in [5.74, 6) is 1.64. The van der Waals surface area contributed by atoms with Gasteiger partial charge < -0.3 is 19.3 Å². The standard InChI is InChI=1S/C41H44N2O3S/c1-45-37-13-9-12-35(34(37)21-27-43-24-7-8-25-43)40(44)39-36-19-18-33(46-29-31-10-3-2-4-11-31)28-38(36)47-41(39)32-16-14-30(15-17-32)20-26-42-22-5-6-23-42/h2-4,9-19,28H,5-8,20-27,29H2,1H3. The summed E-state index contributed by atoms with van der Waals surface area (Å²) >= 11 is 1.68. The van der Waals surface area contributed by atoms with Gasteiger partial charge in [0, 0.05) is 44.7 Å². The second-order valence-corrected chi connectivity index (χ2v) is 13.9. The van der Waals surface area contributed by atoms with Crippen LogP contribution in [-0.2, 0) is 19.4 Å². The molecule has 7 rings (SSSR count). The fourth-order valence-corrected chi connectivity index (χ4v) is 8.32. The molecule has 0 saturated carbocycles. The van der Waals surface area contributed by atoms with Crippen LogP contribution in [0.3, 0.4) is 0 Å². The average Bonchev–Trinajstić information content (AvgIpc) is 3.91. The number of carbonyl (C=O) groups excluding carboxylic acids is 1. The molecule has 3 heterocycles. The molecule has 0 N–H and O–H groups in total. The third-order valence-electron chi connectivity index (χ3n) is 9.74. The summed E-state index contributed by atoms with van der Waals surface area (Å²) in [5.41, 5.74) is 6.03. The van der Waals surface area contributed by atoms with Gasteiger partial charge in [-0.1, -0.05) is 66.7 Å². The maximum atomic E-state index is 14.8. The van der Waals surface area contributed by atoms with E-state index in [2.05, 4.69) is 58.3 Å². The maximum Gasteiger partial charge on any atom is 0.195 e. The zero-order valence-corrected chi connectivity index (χ0v) is 28.2. The highest BCUT2D eigenvalue weighted by Gasteiger charge is 2.26. The summed E-state index contributed by atoms with van der Waals surface area (Å²) in [6, 6.07) is 31.2. The van der Waals surface area contributed by atoms with Crippen molar-refractivity contribution in [3.8, 4) is 21.9 Å². The van der Waals surface area contributed by atoms with Crippen LogP contribution in [-0.4, -0.2) is 62.0 Å². The molecule has 0 spiro atoms. The molecule has 0 unspecified atom stereocenters. The number of benzene rings is 4. The Labute approximate surface area is 282 Å². The van der Waals surface area contributed by atoms with Crippen molar-refractivity contribution in [1.82, 2.24) is 9.80 Å². The fourth-order valence-electron chi connectivity index (χ4n) is 7.09. The Morgan fingerprint density at radius 2 is 1.45 bits per heavy atom. The number of ether oxygens (including phenoxy) is 2. The number of thiophene rings is 1. The first-order valence-electron chi connectivity index (χ1n) is 17.1. The highest BCUT2D eigenvalue weighted by atomic mass is 32.1. The molecule has 2 fully saturated rings. The van der Waals surface area contributed by atoms with Gasteiger partial charge in [0.15, 0.2) is 5.78 Å². The molecule has 2 saturated heterocycles. The third-order valence-corrected chi connectivity index (χ3v) is 10.9. The van der Waals surface area contributed by atoms with Crippen LogP contribution in [0.4, 0.5) is 0 Å². The van der Waals surface area contributed by atoms with Crippen LogP contribution >= 0.6 is 11.3 Å². The van der Waals surface area contributed by atoms with E-state index in [1.54, 1.807) is 18.4 Å². The molecule has 47 heavy (non-hydrogen) atoms. The van der Waals surface area contributed by atoms with Gasteiger partial charge in [-0.25, -0.2) is 0 Å². The van der Waals surface area contributed by atoms with Gasteiger partial charge in [-0.3, -0.25) is 4.79 Å². The lowest BCUT2D eigenvalue weighted by molar-refractivity contribution is 0.103. The molecule has 0 aliphatic carbocycles. The Bertz CT molecular complexity index is 1800. The molecular weight excluding hydrogens is 601 g/mol. The van der Waals surface area contributed by atoms with Crippen LogP contribution in [0.15, 0.2) is 91.0 Å². The Morgan fingerprint density at radius 1 is 0.745 bits per heavy atom. The molecule has 5 nitrogen and oxygen atoms in total. The first-order valence-corrected chi connectivity index (χ1v) is 18.0. The van der Waals surface area contributed by atoms with Gasteiger partial charge in [0.2, 0.25) is 0 Å². The molecule has 0 amide bonds. The molecule has 0 bridgehead atoms. The van der Waals surface area contributed by atoms with E-state index >= 15 is 0 Å². The van der Waals surface area contributed by atoms with Gasteiger partial charge >= 0.3 is 0 Å². The third kappa shape index (κ3) is 7.30. The van der Waals surface area contributed by atoms with Crippen molar-refractivity contribution in [2.45, 2.75) is 45.1 Å². The number of nitrogens with zero attached hydrogens (tertiary/aromatic N) is 2. The number of hydrogen-bond donors (Lipinski definition) is 0. The van der Waals surface area contributed by atoms with E-state index in [0.717, 1.165) is 93.3 Å². The van der Waals surface area contributed by atoms with Crippen LogP contribution in [0.5, 0.6) is 11.5 Å². The summed E-state index contributed by atoms with van der Waals surface area (Å²) in [6.07, 6.45) is 6.95. The molecule has 5 aromatic rings. The highest BCUT2D eigenvalue weighted by molar-refractivity contribution is 7.22. The van der Waals surface area contributed by atoms with Crippen molar-refractivity contribution >= 4 is 27.2 Å². The number of carbonyl (C=O) groups is 1. The van der Waals surface area contributed by atoms with Crippen molar-refractivity contribution in [3.05, 3.63) is 119 Å². The maximum absolute atomic E-state index is 14.8. The van der Waals surface area contributed by atoms with Gasteiger partial charge in [-0.2, -0.15) is 0 Å². The van der Waals surface area contributed by atoms with Gasteiger partial charge in [0.05, 0.1) is 7.11 Å². The van der Waals surface area contributed by atoms with Gasteiger partial charge in [-0.15, -0.1) is 11.3 Å². The highest BCUT2D eigenvalue weighted by Crippen LogP contribution is 2.42. The van der Waals surface area contributed by atoms with Gasteiger partial charge in [-0.05, 0) is 106 Å². The quantitative estimate of drug-likeness (QED) is 0.120. The molecule has 2 aliphatic heterocycles. The van der Waals surface area contributed by atoms with Crippen LogP contribution in [0, 0.1) is 0 Å². The lowest BCUT2D eigenvalue weighted by atomic mass is 9.92. The number of ketones is 1. The van der Waals surface area contributed by atoms with Crippen LogP contribution in [0.25, 0.3) is 20.5 Å². The minimum absolute atomic E-state index is 0.0534. The summed E-state index contributed by atoms with van der Waals surface area (Å²) in [5, 5.41) is 0.966. The predicted octanol–water partition coefficient (Wildman–Crippen LogP) is 8.66. The SMILES string of the molecule is COc1cccc(C(=O)c2c(-c3ccc(CCN4CCCC4)cc3)sc3cc(OCc4ccccc4)ccc23)c1CCN1CCCC1. The molecule has 1 aromatic heterocycles. The van der Waals surface area contributed by atoms with Gasteiger partial charge in [0.1, 0.15) is 18.1 Å². The number of likely N-dealkylation sites (tertiary alicyclic amines) is 2. The smallest absolute Gasteiger partial charge is 0.195 e. The summed E-state index contributed by atoms with van der Waals surface area (Å²) in [6.45, 7) is 7.21. The first kappa shape index (κ1) is 31.6. The zero-order chi connectivity index (χ0) is 32.0. The molecule has 0 radical (unpaired) electrons. The Morgan fingerprint density at radius 3 is 2.15 bits per heavy atom. The van der Waals surface area contributed by atoms with Crippen molar-refractivity contribution in [2.24, 2.45) is 0 Å². The van der Waals surface area contributed by atoms with Crippen LogP contribution in [0.1, 0.15) is 58.3 Å². The van der Waals surface area contributed by atoms with Gasteiger partial charge in [0.25, 0.3) is 0 Å². The second-order valence-electron chi connectivity index (χ2n) is 12.8. The van der Waals surface area contributed by atoms with Crippen molar-refractivity contribution < 1.29 is 14.3 Å². The normalized spacial score (nSPS) is 15.4. The van der Waals surface area contributed by atoms with Crippen molar-refractivity contribution in [2.75, 3.05) is 46.4 Å². The van der Waals surface area contributed by atoms with Crippen LogP contribution < -0.4 is 9.47 Å². The van der Waals surface area contributed by atoms with E-state index in [-0.39, 0.29) is 5.78 Å². The zero-order valence-electron chi connectivity index (χ0n) is 27.4. The molecule has 242 valence electrons. The number of fused-ring (bicyclic) bond motifs is 1. The largest absolute Gasteiger partial charge is 0.496 e. The summed E-state index contributed by atoms with van der Waals surface area (Å²) in [7, 11) is 1.70. The van der Waals surface area contributed by atoms with E-state index in [1.807, 2.05) is 42.5 Å². The Kier molecular flexibility index (Phi) is 9.99. The number of rotatable bonds is 13.